The second-order valence-electron chi connectivity index (χ2n) is 6.52. The predicted octanol–water partition coefficient (Wildman–Crippen LogP) is 2.31. The fourth-order valence-electron chi connectivity index (χ4n) is 2.94. The molecule has 3 heterocycles. The lowest BCUT2D eigenvalue weighted by Crippen LogP contribution is -2.50. The van der Waals surface area contributed by atoms with Crippen LogP contribution in [-0.4, -0.2) is 64.0 Å². The van der Waals surface area contributed by atoms with Crippen LogP contribution in [0.25, 0.3) is 0 Å². The van der Waals surface area contributed by atoms with Gasteiger partial charge in [0.15, 0.2) is 5.13 Å². The van der Waals surface area contributed by atoms with Crippen LogP contribution in [0.1, 0.15) is 22.4 Å². The summed E-state index contributed by atoms with van der Waals surface area (Å²) >= 11 is 3.04. The second-order valence-corrected chi connectivity index (χ2v) is 8.63. The third-order valence-electron chi connectivity index (χ3n) is 4.41. The van der Waals surface area contributed by atoms with Crippen molar-refractivity contribution in [1.82, 2.24) is 14.8 Å². The highest BCUT2D eigenvalue weighted by Gasteiger charge is 2.23. The quantitative estimate of drug-likeness (QED) is 0.744. The van der Waals surface area contributed by atoms with E-state index in [2.05, 4.69) is 10.3 Å². The van der Waals surface area contributed by atoms with Crippen LogP contribution in [-0.2, 0) is 28.9 Å². The van der Waals surface area contributed by atoms with Crippen LogP contribution in [0, 0.1) is 0 Å². The Kier molecular flexibility index (Phi) is 6.63. The number of thiazole rings is 1. The third kappa shape index (κ3) is 5.52. The van der Waals surface area contributed by atoms with E-state index in [1.165, 1.54) is 28.0 Å². The van der Waals surface area contributed by atoms with E-state index < -0.39 is 6.09 Å². The first-order chi connectivity index (χ1) is 13.4. The summed E-state index contributed by atoms with van der Waals surface area (Å²) in [6.07, 6.45) is 1.03. The van der Waals surface area contributed by atoms with Gasteiger partial charge >= 0.3 is 6.09 Å². The van der Waals surface area contributed by atoms with E-state index in [1.54, 1.807) is 16.2 Å². The summed E-state index contributed by atoms with van der Waals surface area (Å²) in [6, 6.07) is 4.02. The number of piperazine rings is 1. The van der Waals surface area contributed by atoms with Crippen LogP contribution in [0.2, 0.25) is 0 Å². The molecule has 1 fully saturated rings. The number of rotatable bonds is 6. The molecule has 0 atom stereocenters. The number of thiophene rings is 1. The molecule has 2 aromatic rings. The average molecular weight is 423 g/mol. The van der Waals surface area contributed by atoms with Crippen LogP contribution in [0.3, 0.4) is 0 Å². The molecule has 10 heteroatoms. The van der Waals surface area contributed by atoms with Crippen molar-refractivity contribution in [1.29, 1.82) is 0 Å². The SMILES string of the molecule is CC(=O)Nc1nc(CCc2ccc(CC(=O)N3CCN(C(=O)O)CC3)s2)cs1. The summed E-state index contributed by atoms with van der Waals surface area (Å²) in [5.41, 5.74) is 0.941. The first-order valence-corrected chi connectivity index (χ1v) is 10.7. The lowest BCUT2D eigenvalue weighted by molar-refractivity contribution is -0.132. The lowest BCUT2D eigenvalue weighted by atomic mass is 10.2. The Morgan fingerprint density at radius 3 is 2.46 bits per heavy atom. The summed E-state index contributed by atoms with van der Waals surface area (Å²) in [4.78, 5) is 44.1. The Hall–Kier alpha value is -2.46. The molecular formula is C18H22N4O4S2. The highest BCUT2D eigenvalue weighted by molar-refractivity contribution is 7.14. The van der Waals surface area contributed by atoms with Crippen molar-refractivity contribution >= 4 is 45.7 Å². The van der Waals surface area contributed by atoms with Gasteiger partial charge in [-0.3, -0.25) is 9.59 Å². The van der Waals surface area contributed by atoms with Gasteiger partial charge in [-0.15, -0.1) is 22.7 Å². The summed E-state index contributed by atoms with van der Waals surface area (Å²) in [5.74, 6) is -0.0873. The molecule has 0 bridgehead atoms. The predicted molar refractivity (Wildman–Crippen MR) is 108 cm³/mol. The first-order valence-electron chi connectivity index (χ1n) is 8.96. The molecule has 0 radical (unpaired) electrons. The largest absolute Gasteiger partial charge is 0.465 e. The van der Waals surface area contributed by atoms with Crippen LogP contribution in [0.5, 0.6) is 0 Å². The van der Waals surface area contributed by atoms with Crippen LogP contribution < -0.4 is 5.32 Å². The monoisotopic (exact) mass is 422 g/mol. The molecule has 28 heavy (non-hydrogen) atoms. The standard InChI is InChI=1S/C18H22N4O4S2/c1-12(23)19-17-20-13(11-27-17)2-3-14-4-5-15(28-14)10-16(24)21-6-8-22(9-7-21)18(25)26/h4-5,11H,2-3,6-10H2,1H3,(H,25,26)(H,19,20,23). The summed E-state index contributed by atoms with van der Waals surface area (Å²) in [7, 11) is 0. The Morgan fingerprint density at radius 1 is 1.11 bits per heavy atom. The molecular weight excluding hydrogens is 400 g/mol. The Morgan fingerprint density at radius 2 is 1.79 bits per heavy atom. The molecule has 1 saturated heterocycles. The van der Waals surface area contributed by atoms with Crippen molar-refractivity contribution < 1.29 is 19.5 Å². The number of carbonyl (C=O) groups is 3. The summed E-state index contributed by atoms with van der Waals surface area (Å²) < 4.78 is 0. The van der Waals surface area contributed by atoms with Crippen molar-refractivity contribution in [3.05, 3.63) is 33.0 Å². The van der Waals surface area contributed by atoms with E-state index >= 15 is 0 Å². The average Bonchev–Trinajstić information content (AvgIpc) is 3.28. The zero-order valence-electron chi connectivity index (χ0n) is 15.5. The number of hydrogen-bond donors (Lipinski definition) is 2. The number of carboxylic acid groups (broad SMARTS) is 1. The van der Waals surface area contributed by atoms with E-state index in [0.717, 1.165) is 23.4 Å². The Labute approximate surface area is 170 Å². The van der Waals surface area contributed by atoms with Crippen molar-refractivity contribution in [2.24, 2.45) is 0 Å². The minimum absolute atomic E-state index is 0.0397. The zero-order chi connectivity index (χ0) is 20.1. The molecule has 0 aliphatic carbocycles. The second kappa shape index (κ2) is 9.16. The number of anilines is 1. The van der Waals surface area contributed by atoms with E-state index in [9.17, 15) is 14.4 Å². The van der Waals surface area contributed by atoms with Crippen molar-refractivity contribution in [3.63, 3.8) is 0 Å². The van der Waals surface area contributed by atoms with Crippen LogP contribution in [0.15, 0.2) is 17.5 Å². The van der Waals surface area contributed by atoms with E-state index in [0.29, 0.717) is 37.7 Å². The fourth-order valence-corrected chi connectivity index (χ4v) is 4.74. The van der Waals surface area contributed by atoms with Gasteiger partial charge in [-0.25, -0.2) is 9.78 Å². The number of hydrogen-bond acceptors (Lipinski definition) is 6. The maximum Gasteiger partial charge on any atom is 0.407 e. The smallest absolute Gasteiger partial charge is 0.407 e. The number of aromatic nitrogens is 1. The van der Waals surface area contributed by atoms with E-state index in [4.69, 9.17) is 5.11 Å². The van der Waals surface area contributed by atoms with Gasteiger partial charge in [0.05, 0.1) is 12.1 Å². The van der Waals surface area contributed by atoms with Crippen molar-refractivity contribution in [2.45, 2.75) is 26.2 Å². The van der Waals surface area contributed by atoms with Crippen LogP contribution in [0.4, 0.5) is 9.93 Å². The van der Waals surface area contributed by atoms with Crippen LogP contribution >= 0.6 is 22.7 Å². The molecule has 2 aromatic heterocycles. The molecule has 0 unspecified atom stereocenters. The Balaban J connectivity index is 1.46. The van der Waals surface area contributed by atoms with E-state index in [1.807, 2.05) is 17.5 Å². The molecule has 0 aromatic carbocycles. The minimum Gasteiger partial charge on any atom is -0.465 e. The minimum atomic E-state index is -0.931. The molecule has 1 aliphatic rings. The molecule has 3 rings (SSSR count). The van der Waals surface area contributed by atoms with Gasteiger partial charge in [0.1, 0.15) is 0 Å². The van der Waals surface area contributed by atoms with Gasteiger partial charge in [0, 0.05) is 48.2 Å². The maximum atomic E-state index is 12.4. The Bertz CT molecular complexity index is 855. The molecule has 150 valence electrons. The molecule has 0 saturated carbocycles. The molecule has 1 aliphatic heterocycles. The normalized spacial score (nSPS) is 14.2. The summed E-state index contributed by atoms with van der Waals surface area (Å²) in [6.45, 7) is 3.09. The van der Waals surface area contributed by atoms with E-state index in [-0.39, 0.29) is 11.8 Å². The molecule has 3 amide bonds. The van der Waals surface area contributed by atoms with Gasteiger partial charge in [0.2, 0.25) is 11.8 Å². The van der Waals surface area contributed by atoms with Gasteiger partial charge in [-0.05, 0) is 25.0 Å². The fraction of sp³-hybridized carbons (Fsp3) is 0.444. The topological polar surface area (TPSA) is 103 Å². The van der Waals surface area contributed by atoms with Gasteiger partial charge in [-0.1, -0.05) is 0 Å². The number of nitrogens with one attached hydrogen (secondary N) is 1. The number of aryl methyl sites for hydroxylation is 2. The van der Waals surface area contributed by atoms with Gasteiger partial charge in [-0.2, -0.15) is 0 Å². The highest BCUT2D eigenvalue weighted by Crippen LogP contribution is 2.22. The lowest BCUT2D eigenvalue weighted by Gasteiger charge is -2.33. The molecule has 2 N–H and O–H groups in total. The number of amides is 3. The van der Waals surface area contributed by atoms with Crippen molar-refractivity contribution in [2.75, 3.05) is 31.5 Å². The van der Waals surface area contributed by atoms with Gasteiger partial charge in [0.25, 0.3) is 0 Å². The number of nitrogens with zero attached hydrogens (tertiary/aromatic N) is 3. The zero-order valence-corrected chi connectivity index (χ0v) is 17.1. The molecule has 8 nitrogen and oxygen atoms in total. The third-order valence-corrected chi connectivity index (χ3v) is 6.36. The first kappa shape index (κ1) is 20.3. The summed E-state index contributed by atoms with van der Waals surface area (Å²) in [5, 5.41) is 14.2. The van der Waals surface area contributed by atoms with Crippen molar-refractivity contribution in [3.8, 4) is 0 Å². The molecule has 0 spiro atoms. The number of carbonyl (C=O) groups excluding carboxylic acids is 2. The highest BCUT2D eigenvalue weighted by atomic mass is 32.1. The van der Waals surface area contributed by atoms with Gasteiger partial charge < -0.3 is 20.2 Å². The maximum absolute atomic E-state index is 12.4.